The van der Waals surface area contributed by atoms with Crippen LogP contribution in [0.1, 0.15) is 19.4 Å². The van der Waals surface area contributed by atoms with Crippen molar-refractivity contribution in [1.29, 1.82) is 0 Å². The summed E-state index contributed by atoms with van der Waals surface area (Å²) in [6.07, 6.45) is 0. The van der Waals surface area contributed by atoms with Crippen molar-refractivity contribution in [2.45, 2.75) is 19.4 Å². The smallest absolute Gasteiger partial charge is 0.164 e. The molecule has 0 amide bonds. The fraction of sp³-hybridized carbons (Fsp3) is 0.0526. The standard InChI is InChI=1S/C57H40N6O/c1-57(2)49-35-45(37-23-27-43(28-24-37)55-60-51(39-15-7-3-8-16-39)58-52(61-55)40-17-9-4-10-18-40)31-33-47(49)48-34-32-46(36-50(48)64-57)38-25-29-44(30-26-38)56-62-53(41-19-11-5-12-20-41)59-54(63-56)42-21-13-6-14-22-42/h3-36H,1-2H3. The van der Waals surface area contributed by atoms with Crippen LogP contribution in [0.4, 0.5) is 0 Å². The van der Waals surface area contributed by atoms with E-state index in [-0.39, 0.29) is 0 Å². The normalized spacial score (nSPS) is 12.5. The van der Waals surface area contributed by atoms with Gasteiger partial charge in [-0.1, -0.05) is 194 Å². The van der Waals surface area contributed by atoms with Gasteiger partial charge in [0.25, 0.3) is 0 Å². The van der Waals surface area contributed by atoms with Gasteiger partial charge in [-0.05, 0) is 53.8 Å². The van der Waals surface area contributed by atoms with Gasteiger partial charge in [0.15, 0.2) is 34.9 Å². The Balaban J connectivity index is 0.873. The lowest BCUT2D eigenvalue weighted by atomic mass is 9.83. The first kappa shape index (κ1) is 38.5. The lowest BCUT2D eigenvalue weighted by molar-refractivity contribution is 0.106. The molecule has 10 aromatic rings. The van der Waals surface area contributed by atoms with Gasteiger partial charge < -0.3 is 4.74 Å². The van der Waals surface area contributed by atoms with Crippen LogP contribution in [0, 0.1) is 0 Å². The van der Waals surface area contributed by atoms with Crippen molar-refractivity contribution in [2.24, 2.45) is 0 Å². The maximum absolute atomic E-state index is 6.83. The molecule has 0 saturated carbocycles. The van der Waals surface area contributed by atoms with Gasteiger partial charge in [0, 0.05) is 44.5 Å². The van der Waals surface area contributed by atoms with Crippen molar-refractivity contribution in [1.82, 2.24) is 29.9 Å². The van der Waals surface area contributed by atoms with Crippen LogP contribution < -0.4 is 4.74 Å². The average Bonchev–Trinajstić information content (AvgIpc) is 3.37. The molecule has 0 spiro atoms. The second-order valence-electron chi connectivity index (χ2n) is 16.3. The Morgan fingerprint density at radius 1 is 0.281 bits per heavy atom. The number of fused-ring (bicyclic) bond motifs is 3. The Morgan fingerprint density at radius 3 is 0.922 bits per heavy atom. The second kappa shape index (κ2) is 16.1. The first-order valence-electron chi connectivity index (χ1n) is 21.4. The second-order valence-corrected chi connectivity index (χ2v) is 16.3. The molecule has 7 heteroatoms. The van der Waals surface area contributed by atoms with Crippen LogP contribution in [0.15, 0.2) is 206 Å². The van der Waals surface area contributed by atoms with Gasteiger partial charge in [0.1, 0.15) is 11.4 Å². The molecule has 0 aliphatic carbocycles. The molecule has 1 aliphatic heterocycles. The summed E-state index contributed by atoms with van der Waals surface area (Å²) in [6.45, 7) is 4.28. The number of rotatable bonds is 8. The minimum Gasteiger partial charge on any atom is -0.482 e. The molecule has 0 N–H and O–H groups in total. The highest BCUT2D eigenvalue weighted by Gasteiger charge is 2.33. The Kier molecular flexibility index (Phi) is 9.70. The first-order valence-corrected chi connectivity index (χ1v) is 21.4. The fourth-order valence-electron chi connectivity index (χ4n) is 8.29. The van der Waals surface area contributed by atoms with Crippen molar-refractivity contribution in [2.75, 3.05) is 0 Å². The van der Waals surface area contributed by atoms with Gasteiger partial charge in [-0.25, -0.2) is 29.9 Å². The molecule has 0 saturated heterocycles. The third-order valence-corrected chi connectivity index (χ3v) is 11.7. The maximum atomic E-state index is 6.83. The van der Waals surface area contributed by atoms with Gasteiger partial charge in [0.05, 0.1) is 0 Å². The molecule has 1 aliphatic rings. The van der Waals surface area contributed by atoms with Gasteiger partial charge in [-0.15, -0.1) is 0 Å². The van der Waals surface area contributed by atoms with Crippen molar-refractivity contribution in [3.05, 3.63) is 212 Å². The van der Waals surface area contributed by atoms with Crippen LogP contribution in [0.2, 0.25) is 0 Å². The van der Waals surface area contributed by atoms with Crippen molar-refractivity contribution in [3.8, 4) is 107 Å². The number of nitrogens with zero attached hydrogens (tertiary/aromatic N) is 6. The molecule has 8 aromatic carbocycles. The molecule has 2 aromatic heterocycles. The lowest BCUT2D eigenvalue weighted by Gasteiger charge is -2.35. The lowest BCUT2D eigenvalue weighted by Crippen LogP contribution is -2.29. The van der Waals surface area contributed by atoms with Crippen molar-refractivity contribution >= 4 is 0 Å². The summed E-state index contributed by atoms with van der Waals surface area (Å²) >= 11 is 0. The van der Waals surface area contributed by atoms with E-state index in [9.17, 15) is 0 Å². The minimum absolute atomic E-state index is 0.571. The van der Waals surface area contributed by atoms with Crippen LogP contribution >= 0.6 is 0 Å². The van der Waals surface area contributed by atoms with E-state index in [1.54, 1.807) is 0 Å². The van der Waals surface area contributed by atoms with E-state index in [2.05, 4.69) is 98.8 Å². The molecular formula is C57H40N6O. The third kappa shape index (κ3) is 7.50. The first-order chi connectivity index (χ1) is 31.4. The Hall–Kier alpha value is -8.42. The summed E-state index contributed by atoms with van der Waals surface area (Å²) in [5.74, 6) is 4.67. The Labute approximate surface area is 371 Å². The highest BCUT2D eigenvalue weighted by molar-refractivity contribution is 5.83. The van der Waals surface area contributed by atoms with E-state index >= 15 is 0 Å². The zero-order valence-corrected chi connectivity index (χ0v) is 35.2. The number of hydrogen-bond donors (Lipinski definition) is 0. The van der Waals surface area contributed by atoms with Gasteiger partial charge in [-0.2, -0.15) is 0 Å². The van der Waals surface area contributed by atoms with E-state index in [1.807, 2.05) is 121 Å². The highest BCUT2D eigenvalue weighted by Crippen LogP contribution is 2.47. The molecule has 0 bridgehead atoms. The molecule has 7 nitrogen and oxygen atoms in total. The van der Waals surface area contributed by atoms with Gasteiger partial charge in [0.2, 0.25) is 0 Å². The molecule has 304 valence electrons. The van der Waals surface area contributed by atoms with Gasteiger partial charge >= 0.3 is 0 Å². The monoisotopic (exact) mass is 824 g/mol. The maximum Gasteiger partial charge on any atom is 0.164 e. The molecule has 64 heavy (non-hydrogen) atoms. The molecule has 11 rings (SSSR count). The van der Waals surface area contributed by atoms with Crippen LogP contribution in [-0.4, -0.2) is 29.9 Å². The third-order valence-electron chi connectivity index (χ3n) is 11.7. The molecule has 3 heterocycles. The van der Waals surface area contributed by atoms with E-state index in [0.717, 1.165) is 72.5 Å². The summed E-state index contributed by atoms with van der Waals surface area (Å²) < 4.78 is 6.83. The summed E-state index contributed by atoms with van der Waals surface area (Å²) in [4.78, 5) is 29.4. The van der Waals surface area contributed by atoms with Crippen molar-refractivity contribution in [3.63, 3.8) is 0 Å². The predicted octanol–water partition coefficient (Wildman–Crippen LogP) is 13.7. The summed E-state index contributed by atoms with van der Waals surface area (Å²) in [5.41, 5.74) is 12.7. The fourth-order valence-corrected chi connectivity index (χ4v) is 8.29. The minimum atomic E-state index is -0.571. The topological polar surface area (TPSA) is 86.6 Å². The predicted molar refractivity (Wildman–Crippen MR) is 256 cm³/mol. The largest absolute Gasteiger partial charge is 0.482 e. The molecule has 0 unspecified atom stereocenters. The number of aromatic nitrogens is 6. The van der Waals surface area contributed by atoms with Crippen LogP contribution in [0.5, 0.6) is 5.75 Å². The van der Waals surface area contributed by atoms with Gasteiger partial charge in [-0.3, -0.25) is 0 Å². The highest BCUT2D eigenvalue weighted by atomic mass is 16.5. The number of ether oxygens (including phenoxy) is 1. The molecule has 0 atom stereocenters. The van der Waals surface area contributed by atoms with E-state index in [1.165, 1.54) is 5.56 Å². The molecule has 0 radical (unpaired) electrons. The SMILES string of the molecule is CC1(C)Oc2cc(-c3ccc(-c4nc(-c5ccccc5)nc(-c5ccccc5)n4)cc3)ccc2-c2ccc(-c3ccc(-c4nc(-c5ccccc5)nc(-c5ccccc5)n4)cc3)cc21. The van der Waals surface area contributed by atoms with E-state index in [4.69, 9.17) is 34.6 Å². The quantitative estimate of drug-likeness (QED) is 0.151. The average molecular weight is 825 g/mol. The number of hydrogen-bond acceptors (Lipinski definition) is 7. The van der Waals surface area contributed by atoms with E-state index < -0.39 is 5.60 Å². The zero-order chi connectivity index (χ0) is 43.0. The Bertz CT molecular complexity index is 3170. The summed E-state index contributed by atoms with van der Waals surface area (Å²) in [7, 11) is 0. The molecular weight excluding hydrogens is 785 g/mol. The zero-order valence-electron chi connectivity index (χ0n) is 35.2. The van der Waals surface area contributed by atoms with Crippen molar-refractivity contribution < 1.29 is 4.74 Å². The Morgan fingerprint density at radius 2 is 0.562 bits per heavy atom. The summed E-state index contributed by atoms with van der Waals surface area (Å²) in [5, 5.41) is 0. The van der Waals surface area contributed by atoms with Crippen LogP contribution in [-0.2, 0) is 5.60 Å². The molecule has 0 fully saturated rings. The summed E-state index contributed by atoms with van der Waals surface area (Å²) in [6, 6.07) is 70.2. The van der Waals surface area contributed by atoms with Crippen LogP contribution in [0.25, 0.3) is 102 Å². The van der Waals surface area contributed by atoms with E-state index in [0.29, 0.717) is 34.9 Å². The van der Waals surface area contributed by atoms with Crippen LogP contribution in [0.3, 0.4) is 0 Å². The number of benzene rings is 8.